The Bertz CT molecular complexity index is 489. The zero-order valence-corrected chi connectivity index (χ0v) is 10.7. The number of hydrogen-bond donors (Lipinski definition) is 2. The van der Waals surface area contributed by atoms with Crippen molar-refractivity contribution in [2.24, 2.45) is 5.10 Å². The zero-order chi connectivity index (χ0) is 11.5. The van der Waals surface area contributed by atoms with Crippen LogP contribution in [0.15, 0.2) is 29.4 Å². The number of hydrogen-bond acceptors (Lipinski definition) is 1. The fraction of sp³-hybridized carbons (Fsp3) is 0.100. The molecule has 0 saturated heterocycles. The summed E-state index contributed by atoms with van der Waals surface area (Å²) in [7, 11) is 1.69. The van der Waals surface area contributed by atoms with E-state index < -0.39 is 0 Å². The first kappa shape index (κ1) is 13.8. The molecule has 0 fully saturated rings. The molecule has 91 valence electrons. The largest absolute Gasteiger partial charge is 2.00 e. The van der Waals surface area contributed by atoms with Crippen molar-refractivity contribution in [1.82, 2.24) is 5.32 Å². The van der Waals surface area contributed by atoms with Crippen LogP contribution in [0.3, 0.4) is 0 Å². The van der Waals surface area contributed by atoms with Crippen molar-refractivity contribution in [2.45, 2.75) is 0 Å². The topological polar surface area (TPSA) is 71.9 Å². The van der Waals surface area contributed by atoms with Crippen LogP contribution in [0.4, 0.5) is 5.69 Å². The number of nitrogens with one attached hydrogen (secondary N) is 2. The summed E-state index contributed by atoms with van der Waals surface area (Å²) < 4.78 is 0. The van der Waals surface area contributed by atoms with Crippen LogP contribution in [-0.4, -0.2) is 28.6 Å². The van der Waals surface area contributed by atoms with E-state index in [1.54, 1.807) is 7.05 Å². The van der Waals surface area contributed by atoms with Gasteiger partial charge in [0.2, 0.25) is 0 Å². The van der Waals surface area contributed by atoms with Crippen molar-refractivity contribution in [3.05, 3.63) is 35.3 Å². The average Bonchev–Trinajstić information content (AvgIpc) is 2.62. The molecule has 1 aromatic carbocycles. The Hall–Kier alpha value is -1.27. The Balaban J connectivity index is 0.00000144. The van der Waals surface area contributed by atoms with E-state index in [1.165, 1.54) is 0 Å². The summed E-state index contributed by atoms with van der Waals surface area (Å²) in [5.41, 5.74) is 5.86. The van der Waals surface area contributed by atoms with Gasteiger partial charge in [0.15, 0.2) is 23.0 Å². The molecule has 5 nitrogen and oxygen atoms in total. The van der Waals surface area contributed by atoms with Gasteiger partial charge in [-0.25, -0.2) is 0 Å². The Labute approximate surface area is 115 Å². The van der Waals surface area contributed by atoms with E-state index in [0.29, 0.717) is 10.8 Å². The summed E-state index contributed by atoms with van der Waals surface area (Å²) in [6, 6.07) is 7.47. The van der Waals surface area contributed by atoms with Gasteiger partial charge in [-0.15, -0.1) is 0 Å². The van der Waals surface area contributed by atoms with Gasteiger partial charge in [0.1, 0.15) is 0 Å². The number of fused-ring (bicyclic) bond motifs is 1. The third kappa shape index (κ3) is 2.89. The summed E-state index contributed by atoms with van der Waals surface area (Å²) in [6.45, 7) is 0. The molecule has 1 aliphatic rings. The standard InChI is InChI=1S/C10H10N4OS.Cu/c1-11-10(16)14-13-8-6-4-2-3-5-7(6)12-9(8)15;/h2-5H,1H3,(H3,11,12,13,14,15,16);/q;+2/p+1. The van der Waals surface area contributed by atoms with Crippen molar-refractivity contribution in [1.29, 1.82) is 0 Å². The third-order valence-corrected chi connectivity index (χ3v) is 2.44. The van der Waals surface area contributed by atoms with Crippen molar-refractivity contribution >= 4 is 34.6 Å². The fourth-order valence-corrected chi connectivity index (χ4v) is 1.41. The third-order valence-electron chi connectivity index (χ3n) is 2.13. The minimum atomic E-state index is 0. The molecule has 0 saturated carbocycles. The summed E-state index contributed by atoms with van der Waals surface area (Å²) in [5.74, 6) is 0.00202. The molecule has 0 unspecified atom stereocenters. The predicted molar refractivity (Wildman–Crippen MR) is 69.7 cm³/mol. The number of para-hydroxylation sites is 1. The Morgan fingerprint density at radius 1 is 1.47 bits per heavy atom. The van der Waals surface area contributed by atoms with Crippen LogP contribution in [0.25, 0.3) is 5.43 Å². The Kier molecular flexibility index (Phi) is 4.77. The number of benzene rings is 1. The molecular formula is C10H11CuN4OS+3. The van der Waals surface area contributed by atoms with E-state index in [1.807, 2.05) is 24.3 Å². The second kappa shape index (κ2) is 5.88. The average molecular weight is 299 g/mol. The number of anilines is 1. The van der Waals surface area contributed by atoms with Crippen LogP contribution in [0.2, 0.25) is 0 Å². The van der Waals surface area contributed by atoms with Gasteiger partial charge >= 0.3 is 23.0 Å². The number of amides is 1. The monoisotopic (exact) mass is 298 g/mol. The smallest absolute Gasteiger partial charge is 0.514 e. The molecule has 0 aromatic heterocycles. The minimum Gasteiger partial charge on any atom is -0.514 e. The van der Waals surface area contributed by atoms with Gasteiger partial charge in [-0.2, -0.15) is 0 Å². The minimum absolute atomic E-state index is 0. The van der Waals surface area contributed by atoms with E-state index in [2.05, 4.69) is 33.4 Å². The zero-order valence-electron chi connectivity index (χ0n) is 8.90. The van der Waals surface area contributed by atoms with Crippen molar-refractivity contribution in [3.63, 3.8) is 0 Å². The predicted octanol–water partition coefficient (Wildman–Crippen LogP) is 0.276. The van der Waals surface area contributed by atoms with E-state index in [-0.39, 0.29) is 23.0 Å². The maximum absolute atomic E-state index is 9.66. The maximum atomic E-state index is 9.66. The maximum Gasteiger partial charge on any atom is 2.00 e. The van der Waals surface area contributed by atoms with Gasteiger partial charge in [0, 0.05) is 5.56 Å². The SMILES string of the molecule is CNC(=[SH+])[N-]N=C1C(=[OH+])Nc2ccccc21.[Cu+2]. The van der Waals surface area contributed by atoms with E-state index in [0.717, 1.165) is 11.3 Å². The molecule has 2 rings (SSSR count). The molecule has 1 aromatic rings. The molecule has 7 heteroatoms. The van der Waals surface area contributed by atoms with Crippen LogP contribution < -0.4 is 10.6 Å². The number of nitrogens with zero attached hydrogens (tertiary/aromatic N) is 2. The van der Waals surface area contributed by atoms with Crippen LogP contribution in [-0.2, 0) is 29.3 Å². The summed E-state index contributed by atoms with van der Waals surface area (Å²) in [4.78, 5) is 9.66. The van der Waals surface area contributed by atoms with E-state index in [4.69, 9.17) is 0 Å². The molecule has 0 atom stereocenters. The molecule has 0 aliphatic carbocycles. The van der Waals surface area contributed by atoms with Gasteiger partial charge in [-0.3, -0.25) is 15.4 Å². The molecular weight excluding hydrogens is 288 g/mol. The van der Waals surface area contributed by atoms with Crippen molar-refractivity contribution in [2.75, 3.05) is 12.4 Å². The van der Waals surface area contributed by atoms with Gasteiger partial charge in [-0.05, 0) is 13.1 Å². The molecule has 1 aliphatic heterocycles. The fourth-order valence-electron chi connectivity index (χ4n) is 1.36. The van der Waals surface area contributed by atoms with E-state index in [9.17, 15) is 4.79 Å². The molecule has 0 spiro atoms. The second-order valence-corrected chi connectivity index (χ2v) is 3.57. The number of rotatable bonds is 1. The van der Waals surface area contributed by atoms with Gasteiger partial charge in [0.25, 0.3) is 0 Å². The molecule has 17 heavy (non-hydrogen) atoms. The van der Waals surface area contributed by atoms with Crippen molar-refractivity contribution < 1.29 is 21.9 Å². The molecule has 1 radical (unpaired) electrons. The molecule has 0 bridgehead atoms. The van der Waals surface area contributed by atoms with Crippen LogP contribution in [0.5, 0.6) is 0 Å². The van der Waals surface area contributed by atoms with Gasteiger partial charge < -0.3 is 10.5 Å². The summed E-state index contributed by atoms with van der Waals surface area (Å²) >= 11 is 4.02. The number of carbonyl (C=O) groups excluding carboxylic acids is 1. The first-order chi connectivity index (χ1) is 7.72. The number of thiol groups is 1. The molecule has 3 N–H and O–H groups in total. The Morgan fingerprint density at radius 2 is 2.18 bits per heavy atom. The van der Waals surface area contributed by atoms with Crippen molar-refractivity contribution in [3.8, 4) is 0 Å². The van der Waals surface area contributed by atoms with Crippen LogP contribution >= 0.6 is 0 Å². The van der Waals surface area contributed by atoms with Gasteiger partial charge in [-0.1, -0.05) is 18.2 Å². The normalized spacial score (nSPS) is 14.9. The first-order valence-electron chi connectivity index (χ1n) is 4.67. The van der Waals surface area contributed by atoms with E-state index >= 15 is 0 Å². The Morgan fingerprint density at radius 3 is 2.88 bits per heavy atom. The van der Waals surface area contributed by atoms with Crippen LogP contribution in [0, 0.1) is 0 Å². The van der Waals surface area contributed by atoms with Crippen LogP contribution in [0.1, 0.15) is 5.56 Å². The molecule has 1 heterocycles. The van der Waals surface area contributed by atoms with Gasteiger partial charge in [0.05, 0.1) is 5.69 Å². The summed E-state index contributed by atoms with van der Waals surface area (Å²) in [6.07, 6.45) is 0. The second-order valence-electron chi connectivity index (χ2n) is 3.14. The molecule has 1 amide bonds. The summed E-state index contributed by atoms with van der Waals surface area (Å²) in [5, 5.41) is 9.85. The quantitative estimate of drug-likeness (QED) is 0.252. The first-order valence-corrected chi connectivity index (χ1v) is 5.12.